The van der Waals surface area contributed by atoms with Gasteiger partial charge >= 0.3 is 5.97 Å². The first-order valence-electron chi connectivity index (χ1n) is 7.12. The lowest BCUT2D eigenvalue weighted by molar-refractivity contribution is -0.150. The van der Waals surface area contributed by atoms with Gasteiger partial charge in [-0.1, -0.05) is 12.1 Å². The van der Waals surface area contributed by atoms with E-state index in [2.05, 4.69) is 5.32 Å². The van der Waals surface area contributed by atoms with E-state index in [1.54, 1.807) is 20.2 Å². The molecule has 0 saturated carbocycles. The minimum Gasteiger partial charge on any atom is -0.482 e. The average molecular weight is 322 g/mol. The molecule has 0 atom stereocenters. The number of esters is 1. The molecule has 7 nitrogen and oxygen atoms in total. The maximum absolute atomic E-state index is 11.6. The predicted octanol–water partition coefficient (Wildman–Crippen LogP) is 0.430. The molecule has 1 aromatic rings. The van der Waals surface area contributed by atoms with Gasteiger partial charge in [-0.2, -0.15) is 0 Å². The fourth-order valence-corrected chi connectivity index (χ4v) is 1.59. The lowest BCUT2D eigenvalue weighted by Crippen LogP contribution is -2.38. The van der Waals surface area contributed by atoms with Gasteiger partial charge in [0.1, 0.15) is 5.75 Å². The van der Waals surface area contributed by atoms with Gasteiger partial charge in [0.15, 0.2) is 13.2 Å². The van der Waals surface area contributed by atoms with Crippen LogP contribution in [0.4, 0.5) is 0 Å². The number of hydrogen-bond donors (Lipinski definition) is 1. The molecular formula is C16H22N2O5. The van der Waals surface area contributed by atoms with Gasteiger partial charge in [0.05, 0.1) is 6.54 Å². The summed E-state index contributed by atoms with van der Waals surface area (Å²) >= 11 is 0. The molecular weight excluding hydrogens is 300 g/mol. The van der Waals surface area contributed by atoms with Crippen LogP contribution >= 0.6 is 0 Å². The third-order valence-corrected chi connectivity index (χ3v) is 3.20. The lowest BCUT2D eigenvalue weighted by atomic mass is 10.1. The van der Waals surface area contributed by atoms with Gasteiger partial charge in [0.25, 0.3) is 5.91 Å². The molecule has 2 amide bonds. The van der Waals surface area contributed by atoms with Crippen LogP contribution in [0.15, 0.2) is 18.2 Å². The zero-order valence-electron chi connectivity index (χ0n) is 13.8. The number of rotatable bonds is 7. The average Bonchev–Trinajstić information content (AvgIpc) is 2.51. The maximum Gasteiger partial charge on any atom is 0.344 e. The first-order valence-corrected chi connectivity index (χ1v) is 7.12. The van der Waals surface area contributed by atoms with Crippen molar-refractivity contribution >= 4 is 17.8 Å². The SMILES string of the molecule is Cc1cccc(OCC(=O)OCC(=O)NCC(=O)N(C)C)c1C. The van der Waals surface area contributed by atoms with Crippen molar-refractivity contribution in [3.63, 3.8) is 0 Å². The molecule has 0 bridgehead atoms. The van der Waals surface area contributed by atoms with Gasteiger partial charge in [-0.15, -0.1) is 0 Å². The number of likely N-dealkylation sites (N-methyl/N-ethyl adjacent to an activating group) is 1. The normalized spacial score (nSPS) is 9.91. The summed E-state index contributed by atoms with van der Waals surface area (Å²) in [4.78, 5) is 35.6. The number of nitrogens with one attached hydrogen (secondary N) is 1. The Labute approximate surface area is 135 Å². The first kappa shape index (κ1) is 18.5. The number of carbonyl (C=O) groups is 3. The van der Waals surface area contributed by atoms with Crippen molar-refractivity contribution in [2.75, 3.05) is 33.9 Å². The molecule has 1 N–H and O–H groups in total. The maximum atomic E-state index is 11.6. The number of amides is 2. The van der Waals surface area contributed by atoms with Crippen LogP contribution in [-0.4, -0.2) is 56.5 Å². The predicted molar refractivity (Wildman–Crippen MR) is 84.1 cm³/mol. The highest BCUT2D eigenvalue weighted by Crippen LogP contribution is 2.20. The Morgan fingerprint density at radius 2 is 1.83 bits per heavy atom. The summed E-state index contributed by atoms with van der Waals surface area (Å²) in [6.45, 7) is 2.97. The second-order valence-corrected chi connectivity index (χ2v) is 5.21. The fourth-order valence-electron chi connectivity index (χ4n) is 1.59. The Balaban J connectivity index is 2.30. The second-order valence-electron chi connectivity index (χ2n) is 5.21. The van der Waals surface area contributed by atoms with Crippen molar-refractivity contribution in [2.24, 2.45) is 0 Å². The molecule has 1 aromatic carbocycles. The Morgan fingerprint density at radius 1 is 1.13 bits per heavy atom. The number of carbonyl (C=O) groups excluding carboxylic acids is 3. The summed E-state index contributed by atoms with van der Waals surface area (Å²) in [5.41, 5.74) is 2.00. The molecule has 0 saturated heterocycles. The number of ether oxygens (including phenoxy) is 2. The van der Waals surface area contributed by atoms with Crippen molar-refractivity contribution in [1.29, 1.82) is 0 Å². The van der Waals surface area contributed by atoms with Crippen LogP contribution < -0.4 is 10.1 Å². The van der Waals surface area contributed by atoms with E-state index in [0.29, 0.717) is 5.75 Å². The second kappa shape index (κ2) is 8.77. The molecule has 0 spiro atoms. The van der Waals surface area contributed by atoms with E-state index in [1.165, 1.54) is 4.90 Å². The van der Waals surface area contributed by atoms with Gasteiger partial charge in [-0.3, -0.25) is 9.59 Å². The summed E-state index contributed by atoms with van der Waals surface area (Å²) in [7, 11) is 3.16. The van der Waals surface area contributed by atoms with Gasteiger partial charge in [-0.25, -0.2) is 4.79 Å². The van der Waals surface area contributed by atoms with E-state index in [1.807, 2.05) is 26.0 Å². The third-order valence-electron chi connectivity index (χ3n) is 3.20. The largest absolute Gasteiger partial charge is 0.482 e. The summed E-state index contributed by atoms with van der Waals surface area (Å²) < 4.78 is 10.2. The van der Waals surface area contributed by atoms with Crippen LogP contribution in [0.1, 0.15) is 11.1 Å². The van der Waals surface area contributed by atoms with Crippen molar-refractivity contribution in [3.05, 3.63) is 29.3 Å². The molecule has 23 heavy (non-hydrogen) atoms. The van der Waals surface area contributed by atoms with Gasteiger partial charge in [-0.05, 0) is 31.0 Å². The topological polar surface area (TPSA) is 84.9 Å². The minimum absolute atomic E-state index is 0.137. The third kappa shape index (κ3) is 6.37. The molecule has 0 radical (unpaired) electrons. The minimum atomic E-state index is -0.653. The highest BCUT2D eigenvalue weighted by Gasteiger charge is 2.11. The summed E-state index contributed by atoms with van der Waals surface area (Å²) in [6.07, 6.45) is 0. The first-order chi connectivity index (χ1) is 10.8. The van der Waals surface area contributed by atoms with E-state index in [4.69, 9.17) is 9.47 Å². The van der Waals surface area contributed by atoms with Crippen LogP contribution in [0.2, 0.25) is 0 Å². The van der Waals surface area contributed by atoms with Crippen molar-refractivity contribution in [2.45, 2.75) is 13.8 Å². The molecule has 0 unspecified atom stereocenters. The molecule has 0 heterocycles. The van der Waals surface area contributed by atoms with Crippen LogP contribution in [0.3, 0.4) is 0 Å². The number of aryl methyl sites for hydroxylation is 1. The smallest absolute Gasteiger partial charge is 0.344 e. The monoisotopic (exact) mass is 322 g/mol. The van der Waals surface area contributed by atoms with Gasteiger partial charge < -0.3 is 19.7 Å². The van der Waals surface area contributed by atoms with Crippen molar-refractivity contribution in [3.8, 4) is 5.75 Å². The lowest BCUT2D eigenvalue weighted by Gasteiger charge is -2.12. The Bertz CT molecular complexity index is 584. The van der Waals surface area contributed by atoms with Gasteiger partial charge in [0.2, 0.25) is 5.91 Å². The van der Waals surface area contributed by atoms with E-state index in [0.717, 1.165) is 11.1 Å². The van der Waals surface area contributed by atoms with E-state index < -0.39 is 18.5 Å². The summed E-state index contributed by atoms with van der Waals surface area (Å²) in [5, 5.41) is 2.36. The van der Waals surface area contributed by atoms with E-state index >= 15 is 0 Å². The van der Waals surface area contributed by atoms with Crippen LogP contribution in [0, 0.1) is 13.8 Å². The van der Waals surface area contributed by atoms with E-state index in [9.17, 15) is 14.4 Å². The quantitative estimate of drug-likeness (QED) is 0.736. The van der Waals surface area contributed by atoms with Crippen molar-refractivity contribution < 1.29 is 23.9 Å². The molecule has 0 aliphatic carbocycles. The van der Waals surface area contributed by atoms with Crippen molar-refractivity contribution in [1.82, 2.24) is 10.2 Å². The number of benzene rings is 1. The number of hydrogen-bond acceptors (Lipinski definition) is 5. The molecule has 1 rings (SSSR count). The highest BCUT2D eigenvalue weighted by molar-refractivity contribution is 5.86. The van der Waals surface area contributed by atoms with Crippen LogP contribution in [-0.2, 0) is 19.1 Å². The Hall–Kier alpha value is -2.57. The molecule has 0 aliphatic heterocycles. The zero-order valence-corrected chi connectivity index (χ0v) is 13.8. The van der Waals surface area contributed by atoms with Gasteiger partial charge in [0, 0.05) is 14.1 Å². The molecule has 7 heteroatoms. The van der Waals surface area contributed by atoms with Crippen LogP contribution in [0.5, 0.6) is 5.75 Å². The Morgan fingerprint density at radius 3 is 2.48 bits per heavy atom. The fraction of sp³-hybridized carbons (Fsp3) is 0.438. The molecule has 0 aromatic heterocycles. The zero-order chi connectivity index (χ0) is 17.4. The molecule has 0 aliphatic rings. The Kier molecular flexibility index (Phi) is 7.05. The molecule has 0 fully saturated rings. The standard InChI is InChI=1S/C16H22N2O5/c1-11-6-5-7-13(12(11)2)22-10-16(21)23-9-14(19)17-8-15(20)18(3)4/h5-7H,8-10H2,1-4H3,(H,17,19). The highest BCUT2D eigenvalue weighted by atomic mass is 16.6. The molecule has 126 valence electrons. The van der Waals surface area contributed by atoms with E-state index in [-0.39, 0.29) is 19.1 Å². The summed E-state index contributed by atoms with van der Waals surface area (Å²) in [5.74, 6) is -0.841. The number of nitrogens with zero attached hydrogens (tertiary/aromatic N) is 1. The van der Waals surface area contributed by atoms with Crippen LogP contribution in [0.25, 0.3) is 0 Å². The summed E-state index contributed by atoms with van der Waals surface area (Å²) in [6, 6.07) is 5.53.